The lowest BCUT2D eigenvalue weighted by Crippen LogP contribution is -2.29. The van der Waals surface area contributed by atoms with Gasteiger partial charge < -0.3 is 10.1 Å². The Balaban J connectivity index is 1.29. The van der Waals surface area contributed by atoms with E-state index in [4.69, 9.17) is 16.3 Å². The topological polar surface area (TPSA) is 79.8 Å². The molecule has 0 atom stereocenters. The van der Waals surface area contributed by atoms with Crippen molar-refractivity contribution >= 4 is 34.8 Å². The number of para-hydroxylation sites is 2. The Labute approximate surface area is 213 Å². The van der Waals surface area contributed by atoms with Crippen LogP contribution in [-0.2, 0) is 4.79 Å². The number of carbonyl (C=O) groups excluding carboxylic acids is 2. The van der Waals surface area contributed by atoms with E-state index in [0.29, 0.717) is 33.5 Å². The Morgan fingerprint density at radius 1 is 0.778 bits per heavy atom. The molecular weight excluding hydrogens is 474 g/mol. The van der Waals surface area contributed by atoms with Gasteiger partial charge in [0, 0.05) is 27.4 Å². The zero-order valence-corrected chi connectivity index (χ0v) is 20.1. The van der Waals surface area contributed by atoms with E-state index in [9.17, 15) is 9.59 Å². The molecule has 2 N–H and O–H groups in total. The monoisotopic (exact) mass is 495 g/mol. The number of benzene rings is 4. The Hall–Kier alpha value is -4.42. The number of nitrogens with zero attached hydrogens (tertiary/aromatic N) is 1. The van der Waals surface area contributed by atoms with E-state index in [0.717, 1.165) is 16.7 Å². The first-order valence-electron chi connectivity index (χ1n) is 11.4. The average molecular weight is 496 g/mol. The number of halogens is 1. The highest BCUT2D eigenvalue weighted by atomic mass is 35.5. The van der Waals surface area contributed by atoms with E-state index in [-0.39, 0.29) is 11.8 Å². The lowest BCUT2D eigenvalue weighted by molar-refractivity contribution is -0.121. The standard InChI is InChI=1S/C29H22ClN3O3/c1-18(19-12-16-22(17-13-19)31-28(34)20-10-14-21(30)15-11-20)32-33-29(35)27-23-6-2-4-8-25(23)36-26-9-5-3-7-24(26)27/h2-17,27H,1H3,(H,31,34)(H,33,35). The van der Waals surface area contributed by atoms with Crippen LogP contribution in [0.25, 0.3) is 0 Å². The van der Waals surface area contributed by atoms with Gasteiger partial charge in [0.25, 0.3) is 11.8 Å². The summed E-state index contributed by atoms with van der Waals surface area (Å²) in [4.78, 5) is 25.7. The van der Waals surface area contributed by atoms with Crippen LogP contribution in [0, 0.1) is 0 Å². The molecule has 0 fully saturated rings. The molecule has 2 amide bonds. The van der Waals surface area contributed by atoms with Crippen molar-refractivity contribution in [2.45, 2.75) is 12.8 Å². The van der Waals surface area contributed by atoms with Crippen molar-refractivity contribution in [2.75, 3.05) is 5.32 Å². The molecule has 36 heavy (non-hydrogen) atoms. The fraction of sp³-hybridized carbons (Fsp3) is 0.0690. The fourth-order valence-corrected chi connectivity index (χ4v) is 4.19. The number of hydrogen-bond acceptors (Lipinski definition) is 4. The van der Waals surface area contributed by atoms with Crippen LogP contribution in [0.4, 0.5) is 5.69 Å². The molecule has 7 heteroatoms. The summed E-state index contributed by atoms with van der Waals surface area (Å²) in [5.41, 5.74) is 6.91. The summed E-state index contributed by atoms with van der Waals surface area (Å²) in [6.07, 6.45) is 0. The third kappa shape index (κ3) is 4.85. The first kappa shape index (κ1) is 23.3. The third-order valence-electron chi connectivity index (χ3n) is 5.94. The number of amides is 2. The second kappa shape index (κ2) is 10.1. The van der Waals surface area contributed by atoms with Crippen LogP contribution in [0.1, 0.15) is 39.9 Å². The molecule has 178 valence electrons. The summed E-state index contributed by atoms with van der Waals surface area (Å²) in [7, 11) is 0. The van der Waals surface area contributed by atoms with E-state index in [1.807, 2.05) is 67.6 Å². The van der Waals surface area contributed by atoms with Crippen molar-refractivity contribution in [1.82, 2.24) is 5.43 Å². The Morgan fingerprint density at radius 3 is 1.94 bits per heavy atom. The van der Waals surface area contributed by atoms with Gasteiger partial charge in [-0.05, 0) is 61.0 Å². The van der Waals surface area contributed by atoms with Gasteiger partial charge in [0.15, 0.2) is 0 Å². The van der Waals surface area contributed by atoms with Crippen LogP contribution in [0.15, 0.2) is 102 Å². The molecule has 6 nitrogen and oxygen atoms in total. The van der Waals surface area contributed by atoms with Gasteiger partial charge in [-0.1, -0.05) is 60.1 Å². The second-order valence-electron chi connectivity index (χ2n) is 8.32. The molecule has 0 radical (unpaired) electrons. The molecule has 0 saturated carbocycles. The molecule has 1 aliphatic rings. The molecule has 0 aromatic heterocycles. The number of ether oxygens (including phenoxy) is 1. The highest BCUT2D eigenvalue weighted by Gasteiger charge is 2.32. The van der Waals surface area contributed by atoms with Gasteiger partial charge in [0.2, 0.25) is 0 Å². The van der Waals surface area contributed by atoms with Crippen molar-refractivity contribution in [1.29, 1.82) is 0 Å². The molecule has 0 spiro atoms. The fourth-order valence-electron chi connectivity index (χ4n) is 4.06. The molecule has 5 rings (SSSR count). The Kier molecular flexibility index (Phi) is 6.52. The molecule has 4 aromatic carbocycles. The second-order valence-corrected chi connectivity index (χ2v) is 8.76. The van der Waals surface area contributed by atoms with Gasteiger partial charge in [0.05, 0.1) is 11.6 Å². The highest BCUT2D eigenvalue weighted by molar-refractivity contribution is 6.30. The van der Waals surface area contributed by atoms with Crippen LogP contribution in [0.3, 0.4) is 0 Å². The number of hydrazone groups is 1. The summed E-state index contributed by atoms with van der Waals surface area (Å²) in [6.45, 7) is 1.81. The number of rotatable bonds is 5. The Morgan fingerprint density at radius 2 is 1.33 bits per heavy atom. The molecule has 4 aromatic rings. The number of nitrogens with one attached hydrogen (secondary N) is 2. The maximum Gasteiger partial charge on any atom is 0.255 e. The minimum Gasteiger partial charge on any atom is -0.457 e. The van der Waals surface area contributed by atoms with Gasteiger partial charge >= 0.3 is 0 Å². The summed E-state index contributed by atoms with van der Waals surface area (Å²) >= 11 is 5.88. The van der Waals surface area contributed by atoms with Gasteiger partial charge in [-0.15, -0.1) is 0 Å². The lowest BCUT2D eigenvalue weighted by Gasteiger charge is -2.26. The van der Waals surface area contributed by atoms with Crippen molar-refractivity contribution in [3.63, 3.8) is 0 Å². The molecule has 1 aliphatic heterocycles. The van der Waals surface area contributed by atoms with Gasteiger partial charge in [-0.3, -0.25) is 9.59 Å². The minimum atomic E-state index is -0.534. The molecule has 0 saturated heterocycles. The number of fused-ring (bicyclic) bond motifs is 2. The normalized spacial score (nSPS) is 12.7. The summed E-state index contributed by atoms with van der Waals surface area (Å²) < 4.78 is 5.97. The number of hydrogen-bond donors (Lipinski definition) is 2. The van der Waals surface area contributed by atoms with Gasteiger partial charge in [0.1, 0.15) is 11.5 Å². The van der Waals surface area contributed by atoms with Crippen molar-refractivity contribution < 1.29 is 14.3 Å². The quantitative estimate of drug-likeness (QED) is 0.249. The maximum atomic E-state index is 13.3. The van der Waals surface area contributed by atoms with Gasteiger partial charge in [-0.2, -0.15) is 5.10 Å². The minimum absolute atomic E-state index is 0.228. The summed E-state index contributed by atoms with van der Waals surface area (Å²) in [5, 5.41) is 7.76. The first-order chi connectivity index (χ1) is 17.5. The maximum absolute atomic E-state index is 13.3. The van der Waals surface area contributed by atoms with Gasteiger partial charge in [-0.25, -0.2) is 5.43 Å². The van der Waals surface area contributed by atoms with Crippen LogP contribution >= 0.6 is 11.6 Å². The highest BCUT2D eigenvalue weighted by Crippen LogP contribution is 2.43. The van der Waals surface area contributed by atoms with E-state index in [1.54, 1.807) is 36.4 Å². The van der Waals surface area contributed by atoms with Crippen LogP contribution in [0.5, 0.6) is 11.5 Å². The zero-order chi connectivity index (χ0) is 25.1. The van der Waals surface area contributed by atoms with Crippen molar-refractivity contribution in [2.24, 2.45) is 5.10 Å². The van der Waals surface area contributed by atoms with E-state index in [2.05, 4.69) is 15.8 Å². The number of carbonyl (C=O) groups is 2. The van der Waals surface area contributed by atoms with Crippen LogP contribution < -0.4 is 15.5 Å². The predicted octanol–water partition coefficient (Wildman–Crippen LogP) is 6.37. The van der Waals surface area contributed by atoms with Crippen LogP contribution in [-0.4, -0.2) is 17.5 Å². The lowest BCUT2D eigenvalue weighted by atomic mass is 9.87. The average Bonchev–Trinajstić information content (AvgIpc) is 2.91. The van der Waals surface area contributed by atoms with Crippen LogP contribution in [0.2, 0.25) is 5.02 Å². The largest absolute Gasteiger partial charge is 0.457 e. The first-order valence-corrected chi connectivity index (χ1v) is 11.7. The van der Waals surface area contributed by atoms with E-state index >= 15 is 0 Å². The molecule has 0 bridgehead atoms. The van der Waals surface area contributed by atoms with Crippen molar-refractivity contribution in [3.8, 4) is 11.5 Å². The van der Waals surface area contributed by atoms with E-state index in [1.165, 1.54) is 0 Å². The SMILES string of the molecule is CC(=NNC(=O)C1c2ccccc2Oc2ccccc21)c1ccc(NC(=O)c2ccc(Cl)cc2)cc1. The number of anilines is 1. The molecule has 0 aliphatic carbocycles. The van der Waals surface area contributed by atoms with E-state index < -0.39 is 5.92 Å². The summed E-state index contributed by atoms with van der Waals surface area (Å²) in [6, 6.07) is 28.9. The molecule has 0 unspecified atom stereocenters. The molecular formula is C29H22ClN3O3. The Bertz CT molecular complexity index is 1420. The molecule has 1 heterocycles. The smallest absolute Gasteiger partial charge is 0.255 e. The third-order valence-corrected chi connectivity index (χ3v) is 6.19. The van der Waals surface area contributed by atoms with Crippen molar-refractivity contribution in [3.05, 3.63) is 124 Å². The summed E-state index contributed by atoms with van der Waals surface area (Å²) in [5.74, 6) is 0.313. The zero-order valence-electron chi connectivity index (χ0n) is 19.4. The predicted molar refractivity (Wildman–Crippen MR) is 141 cm³/mol.